The molecule has 2 aromatic rings. The van der Waals surface area contributed by atoms with E-state index in [1.165, 1.54) is 12.1 Å². The van der Waals surface area contributed by atoms with Gasteiger partial charge in [0.05, 0.1) is 12.3 Å². The van der Waals surface area contributed by atoms with Gasteiger partial charge >= 0.3 is 0 Å². The van der Waals surface area contributed by atoms with Gasteiger partial charge in [-0.05, 0) is 17.7 Å². The van der Waals surface area contributed by atoms with Crippen LogP contribution in [0.3, 0.4) is 0 Å². The SMILES string of the molecule is COCCNC(=O)[C@H](Cc1ccccc1)NC(=O)[C@H]1CC(c2cccc(F)c2)=NO1. The summed E-state index contributed by atoms with van der Waals surface area (Å²) in [4.78, 5) is 30.6. The molecular formula is C22H24FN3O4. The van der Waals surface area contributed by atoms with Crippen molar-refractivity contribution in [2.45, 2.75) is 25.0 Å². The van der Waals surface area contributed by atoms with Crippen molar-refractivity contribution < 1.29 is 23.6 Å². The molecule has 0 unspecified atom stereocenters. The number of benzene rings is 2. The molecule has 0 aromatic heterocycles. The van der Waals surface area contributed by atoms with Crippen LogP contribution in [0.15, 0.2) is 59.8 Å². The van der Waals surface area contributed by atoms with Crippen LogP contribution in [-0.4, -0.2) is 49.9 Å². The number of carbonyl (C=O) groups excluding carboxylic acids is 2. The molecule has 8 heteroatoms. The molecule has 30 heavy (non-hydrogen) atoms. The van der Waals surface area contributed by atoms with Crippen LogP contribution in [0.1, 0.15) is 17.5 Å². The van der Waals surface area contributed by atoms with Gasteiger partial charge in [-0.3, -0.25) is 9.59 Å². The monoisotopic (exact) mass is 413 g/mol. The topological polar surface area (TPSA) is 89.0 Å². The molecule has 7 nitrogen and oxygen atoms in total. The summed E-state index contributed by atoms with van der Waals surface area (Å²) in [6, 6.07) is 14.6. The van der Waals surface area contributed by atoms with E-state index in [9.17, 15) is 14.0 Å². The van der Waals surface area contributed by atoms with E-state index >= 15 is 0 Å². The lowest BCUT2D eigenvalue weighted by Gasteiger charge is -2.20. The fourth-order valence-electron chi connectivity index (χ4n) is 3.08. The number of carbonyl (C=O) groups is 2. The van der Waals surface area contributed by atoms with Crippen molar-refractivity contribution in [3.8, 4) is 0 Å². The summed E-state index contributed by atoms with van der Waals surface area (Å²) in [6.45, 7) is 0.706. The maximum atomic E-state index is 13.4. The molecule has 1 aliphatic heterocycles. The van der Waals surface area contributed by atoms with Crippen molar-refractivity contribution in [2.24, 2.45) is 5.16 Å². The highest BCUT2D eigenvalue weighted by atomic mass is 19.1. The largest absolute Gasteiger partial charge is 0.383 e. The van der Waals surface area contributed by atoms with Gasteiger partial charge in [0.2, 0.25) is 12.0 Å². The zero-order chi connectivity index (χ0) is 21.3. The fourth-order valence-corrected chi connectivity index (χ4v) is 3.08. The summed E-state index contributed by atoms with van der Waals surface area (Å²) in [5.74, 6) is -1.15. The molecule has 2 atom stereocenters. The lowest BCUT2D eigenvalue weighted by Crippen LogP contribution is -2.51. The standard InChI is InChI=1S/C22H24FN3O4/c1-29-11-10-24-21(27)19(12-15-6-3-2-4-7-15)25-22(28)20-14-18(26-30-20)16-8-5-9-17(23)13-16/h2-9,13,19-20H,10-12,14H2,1H3,(H,24,27)(H,25,28)/t19-,20+/m0/s1. The van der Waals surface area contributed by atoms with Crippen molar-refractivity contribution >= 4 is 17.5 Å². The number of halogens is 1. The van der Waals surface area contributed by atoms with Crippen molar-refractivity contribution in [3.63, 3.8) is 0 Å². The fraction of sp³-hybridized carbons (Fsp3) is 0.318. The minimum Gasteiger partial charge on any atom is -0.383 e. The van der Waals surface area contributed by atoms with Gasteiger partial charge in [-0.2, -0.15) is 0 Å². The van der Waals surface area contributed by atoms with E-state index in [4.69, 9.17) is 9.57 Å². The molecule has 0 saturated carbocycles. The van der Waals surface area contributed by atoms with Gasteiger partial charge in [-0.1, -0.05) is 47.6 Å². The Morgan fingerprint density at radius 2 is 2.03 bits per heavy atom. The van der Waals surface area contributed by atoms with Gasteiger partial charge in [0.1, 0.15) is 11.9 Å². The van der Waals surface area contributed by atoms with Crippen LogP contribution in [0.25, 0.3) is 0 Å². The van der Waals surface area contributed by atoms with Crippen LogP contribution in [-0.2, 0) is 25.6 Å². The highest BCUT2D eigenvalue weighted by Crippen LogP contribution is 2.18. The van der Waals surface area contributed by atoms with Crippen molar-refractivity contribution in [1.82, 2.24) is 10.6 Å². The number of rotatable bonds is 9. The molecule has 2 amide bonds. The van der Waals surface area contributed by atoms with Crippen LogP contribution < -0.4 is 10.6 Å². The maximum Gasteiger partial charge on any atom is 0.265 e. The zero-order valence-corrected chi connectivity index (χ0v) is 16.6. The Kier molecular flexibility index (Phi) is 7.51. The first-order valence-electron chi connectivity index (χ1n) is 9.66. The van der Waals surface area contributed by atoms with Crippen molar-refractivity contribution in [1.29, 1.82) is 0 Å². The first kappa shape index (κ1) is 21.4. The number of ether oxygens (including phenoxy) is 1. The summed E-state index contributed by atoms with van der Waals surface area (Å²) < 4.78 is 18.4. The third-order valence-electron chi connectivity index (χ3n) is 4.64. The van der Waals surface area contributed by atoms with E-state index in [1.54, 1.807) is 19.2 Å². The molecule has 1 heterocycles. The summed E-state index contributed by atoms with van der Waals surface area (Å²) in [6.07, 6.45) is -0.359. The molecule has 0 spiro atoms. The Hall–Kier alpha value is -3.26. The van der Waals surface area contributed by atoms with Crippen molar-refractivity contribution in [2.75, 3.05) is 20.3 Å². The molecule has 158 valence electrons. The van der Waals surface area contributed by atoms with Crippen molar-refractivity contribution in [3.05, 3.63) is 71.5 Å². The minimum atomic E-state index is -0.881. The Balaban J connectivity index is 1.63. The lowest BCUT2D eigenvalue weighted by molar-refractivity contribution is -0.135. The van der Waals surface area contributed by atoms with Crippen LogP contribution >= 0.6 is 0 Å². The minimum absolute atomic E-state index is 0.193. The quantitative estimate of drug-likeness (QED) is 0.614. The number of methoxy groups -OCH3 is 1. The molecule has 0 aliphatic carbocycles. The molecule has 0 bridgehead atoms. The average molecular weight is 413 g/mol. The van der Waals surface area contributed by atoms with Gasteiger partial charge in [0.15, 0.2) is 0 Å². The Bertz CT molecular complexity index is 904. The second-order valence-corrected chi connectivity index (χ2v) is 6.88. The predicted octanol–water partition coefficient (Wildman–Crippen LogP) is 1.81. The van der Waals surface area contributed by atoms with Gasteiger partial charge in [-0.15, -0.1) is 0 Å². The van der Waals surface area contributed by atoms with Gasteiger partial charge in [0, 0.05) is 32.1 Å². The van der Waals surface area contributed by atoms with E-state index < -0.39 is 23.9 Å². The molecule has 0 radical (unpaired) electrons. The Morgan fingerprint density at radius 1 is 1.23 bits per heavy atom. The number of amides is 2. The molecule has 0 fully saturated rings. The van der Waals surface area contributed by atoms with E-state index in [1.807, 2.05) is 30.3 Å². The van der Waals surface area contributed by atoms with Crippen LogP contribution in [0, 0.1) is 5.82 Å². The highest BCUT2D eigenvalue weighted by Gasteiger charge is 2.32. The third kappa shape index (κ3) is 5.87. The van der Waals surface area contributed by atoms with E-state index in [0.717, 1.165) is 5.56 Å². The zero-order valence-electron chi connectivity index (χ0n) is 16.6. The highest BCUT2D eigenvalue weighted by molar-refractivity contribution is 6.04. The normalized spacial score (nSPS) is 16.3. The van der Waals surface area contributed by atoms with Crippen LogP contribution in [0.5, 0.6) is 0 Å². The second kappa shape index (κ2) is 10.5. The number of nitrogens with one attached hydrogen (secondary N) is 2. The van der Waals surface area contributed by atoms with E-state index in [0.29, 0.717) is 30.8 Å². The third-order valence-corrected chi connectivity index (χ3v) is 4.64. The summed E-state index contributed by atoms with van der Waals surface area (Å²) >= 11 is 0. The number of hydrogen-bond donors (Lipinski definition) is 2. The van der Waals surface area contributed by atoms with Gasteiger partial charge < -0.3 is 20.2 Å². The molecule has 0 saturated heterocycles. The van der Waals surface area contributed by atoms with E-state index in [2.05, 4.69) is 15.8 Å². The molecule has 3 rings (SSSR count). The van der Waals surface area contributed by atoms with Crippen LogP contribution in [0.2, 0.25) is 0 Å². The molecule has 1 aliphatic rings. The van der Waals surface area contributed by atoms with Gasteiger partial charge in [0.25, 0.3) is 5.91 Å². The number of hydrogen-bond acceptors (Lipinski definition) is 5. The second-order valence-electron chi connectivity index (χ2n) is 6.88. The first-order valence-corrected chi connectivity index (χ1v) is 9.66. The lowest BCUT2D eigenvalue weighted by atomic mass is 10.0. The Labute approximate surface area is 174 Å². The number of nitrogens with zero attached hydrogens (tertiary/aromatic N) is 1. The maximum absolute atomic E-state index is 13.4. The molecular weight excluding hydrogens is 389 g/mol. The molecule has 2 aromatic carbocycles. The van der Waals surface area contributed by atoms with Gasteiger partial charge in [-0.25, -0.2) is 4.39 Å². The summed E-state index contributed by atoms with van der Waals surface area (Å²) in [7, 11) is 1.54. The predicted molar refractivity (Wildman–Crippen MR) is 109 cm³/mol. The average Bonchev–Trinajstić information content (AvgIpc) is 3.25. The summed E-state index contributed by atoms with van der Waals surface area (Å²) in [5.41, 5.74) is 1.95. The number of oxime groups is 1. The Morgan fingerprint density at radius 3 is 2.77 bits per heavy atom. The van der Waals surface area contributed by atoms with Crippen LogP contribution in [0.4, 0.5) is 4.39 Å². The smallest absolute Gasteiger partial charge is 0.265 e. The molecule has 2 N–H and O–H groups in total. The van der Waals surface area contributed by atoms with E-state index in [-0.39, 0.29) is 12.3 Å². The summed E-state index contributed by atoms with van der Waals surface area (Å²) in [5, 5.41) is 9.42. The first-order chi connectivity index (χ1) is 14.6.